The van der Waals surface area contributed by atoms with Crippen molar-refractivity contribution in [1.29, 1.82) is 0 Å². The van der Waals surface area contributed by atoms with E-state index in [4.69, 9.17) is 15.9 Å². The number of aliphatic carboxylic acids is 1. The molecule has 0 unspecified atom stereocenters. The Morgan fingerprint density at radius 1 is 1.47 bits per heavy atom. The number of nitrogens with two attached hydrogens (primary N) is 1. The standard InChI is InChI=1S/C9H14N2O4/c10-5(3-12)8(13)11-6-1-4(6)2-7(11)9(14)15/h4-7,12H,1-3,10H2,(H,14,15)/t4-,5+,6-,7-/m0/s1. The number of rotatable bonds is 3. The summed E-state index contributed by atoms with van der Waals surface area (Å²) >= 11 is 0. The van der Waals surface area contributed by atoms with Gasteiger partial charge in [0, 0.05) is 6.04 Å². The molecular formula is C9H14N2O4. The van der Waals surface area contributed by atoms with Crippen molar-refractivity contribution in [2.75, 3.05) is 6.61 Å². The topological polar surface area (TPSA) is 104 Å². The van der Waals surface area contributed by atoms with E-state index in [0.717, 1.165) is 6.42 Å². The normalized spacial score (nSPS) is 34.8. The van der Waals surface area contributed by atoms with Crippen LogP contribution in [0.5, 0.6) is 0 Å². The van der Waals surface area contributed by atoms with Crippen LogP contribution in [0.15, 0.2) is 0 Å². The number of aliphatic hydroxyl groups excluding tert-OH is 1. The second-order valence-corrected chi connectivity index (χ2v) is 4.19. The number of piperidine rings is 1. The zero-order valence-electron chi connectivity index (χ0n) is 8.17. The van der Waals surface area contributed by atoms with Crippen LogP contribution in [-0.2, 0) is 9.59 Å². The first-order valence-electron chi connectivity index (χ1n) is 4.97. The smallest absolute Gasteiger partial charge is 0.326 e. The Bertz CT molecular complexity index is 306. The molecule has 1 heterocycles. The van der Waals surface area contributed by atoms with Crippen LogP contribution in [0.3, 0.4) is 0 Å². The number of hydrogen-bond acceptors (Lipinski definition) is 4. The van der Waals surface area contributed by atoms with Crippen molar-refractivity contribution in [2.45, 2.75) is 31.0 Å². The van der Waals surface area contributed by atoms with Crippen molar-refractivity contribution in [3.63, 3.8) is 0 Å². The van der Waals surface area contributed by atoms with E-state index in [2.05, 4.69) is 0 Å². The average Bonchev–Trinajstić information content (AvgIpc) is 2.87. The fraction of sp³-hybridized carbons (Fsp3) is 0.778. The van der Waals surface area contributed by atoms with Gasteiger partial charge in [-0.05, 0) is 18.8 Å². The van der Waals surface area contributed by atoms with Gasteiger partial charge in [-0.25, -0.2) is 4.79 Å². The SMILES string of the molecule is N[C@H](CO)C(=O)N1[C@H](C(=O)O)C[C@@H]2C[C@@H]21. The largest absolute Gasteiger partial charge is 0.480 e. The van der Waals surface area contributed by atoms with E-state index in [9.17, 15) is 9.59 Å². The minimum Gasteiger partial charge on any atom is -0.480 e. The third kappa shape index (κ3) is 1.59. The summed E-state index contributed by atoms with van der Waals surface area (Å²) < 4.78 is 0. The minimum atomic E-state index is -0.994. The number of carboxylic acid groups (broad SMARTS) is 1. The van der Waals surface area contributed by atoms with Gasteiger partial charge in [0.05, 0.1) is 6.61 Å². The van der Waals surface area contributed by atoms with Crippen molar-refractivity contribution in [1.82, 2.24) is 4.90 Å². The first-order valence-corrected chi connectivity index (χ1v) is 4.97. The molecule has 2 aliphatic rings. The van der Waals surface area contributed by atoms with E-state index in [1.165, 1.54) is 4.90 Å². The van der Waals surface area contributed by atoms with E-state index < -0.39 is 30.6 Å². The number of carbonyl (C=O) groups is 2. The second kappa shape index (κ2) is 3.46. The molecular weight excluding hydrogens is 200 g/mol. The number of nitrogens with zero attached hydrogens (tertiary/aromatic N) is 1. The maximum Gasteiger partial charge on any atom is 0.326 e. The number of carboxylic acids is 1. The highest BCUT2D eigenvalue weighted by molar-refractivity contribution is 5.88. The molecule has 4 atom stereocenters. The van der Waals surface area contributed by atoms with Crippen molar-refractivity contribution in [3.05, 3.63) is 0 Å². The summed E-state index contributed by atoms with van der Waals surface area (Å²) in [5.74, 6) is -1.11. The number of fused-ring (bicyclic) bond motifs is 1. The van der Waals surface area contributed by atoms with Gasteiger partial charge >= 0.3 is 5.97 Å². The van der Waals surface area contributed by atoms with Crippen molar-refractivity contribution in [3.8, 4) is 0 Å². The molecule has 1 amide bonds. The zero-order valence-corrected chi connectivity index (χ0v) is 8.17. The highest BCUT2D eigenvalue weighted by Crippen LogP contribution is 2.47. The number of aliphatic hydroxyl groups is 1. The van der Waals surface area contributed by atoms with E-state index >= 15 is 0 Å². The molecule has 0 aromatic carbocycles. The number of likely N-dealkylation sites (tertiary alicyclic amines) is 1. The highest BCUT2D eigenvalue weighted by atomic mass is 16.4. The van der Waals surface area contributed by atoms with Crippen molar-refractivity contribution in [2.24, 2.45) is 11.7 Å². The van der Waals surface area contributed by atoms with Gasteiger partial charge in [-0.3, -0.25) is 4.79 Å². The quantitative estimate of drug-likeness (QED) is 0.524. The Labute approximate surface area is 86.7 Å². The lowest BCUT2D eigenvalue weighted by Gasteiger charge is -2.26. The second-order valence-electron chi connectivity index (χ2n) is 4.19. The Morgan fingerprint density at radius 2 is 2.13 bits per heavy atom. The predicted octanol–water partition coefficient (Wildman–Crippen LogP) is -1.62. The summed E-state index contributed by atoms with van der Waals surface area (Å²) in [6, 6.07) is -1.71. The molecule has 0 spiro atoms. The first kappa shape index (κ1) is 10.4. The third-order valence-corrected chi connectivity index (χ3v) is 3.16. The highest BCUT2D eigenvalue weighted by Gasteiger charge is 2.56. The summed E-state index contributed by atoms with van der Waals surface area (Å²) in [4.78, 5) is 23.9. The van der Waals surface area contributed by atoms with Gasteiger partial charge in [0.25, 0.3) is 0 Å². The number of amides is 1. The molecule has 0 aromatic heterocycles. The number of carbonyl (C=O) groups excluding carboxylic acids is 1. The molecule has 1 aliphatic carbocycles. The van der Waals surface area contributed by atoms with Crippen LogP contribution in [0.25, 0.3) is 0 Å². The molecule has 2 rings (SSSR count). The van der Waals surface area contributed by atoms with Crippen LogP contribution in [0.1, 0.15) is 12.8 Å². The average molecular weight is 214 g/mol. The molecule has 1 saturated carbocycles. The summed E-state index contributed by atoms with van der Waals surface area (Å²) in [6.45, 7) is -0.445. The summed E-state index contributed by atoms with van der Waals surface area (Å²) in [5.41, 5.74) is 5.41. The van der Waals surface area contributed by atoms with Gasteiger partial charge in [-0.2, -0.15) is 0 Å². The predicted molar refractivity (Wildman–Crippen MR) is 49.8 cm³/mol. The molecule has 6 heteroatoms. The van der Waals surface area contributed by atoms with Crippen LogP contribution in [0.2, 0.25) is 0 Å². The van der Waals surface area contributed by atoms with Gasteiger partial charge in [0.15, 0.2) is 0 Å². The van der Waals surface area contributed by atoms with Crippen LogP contribution < -0.4 is 5.73 Å². The van der Waals surface area contributed by atoms with Crippen LogP contribution in [-0.4, -0.2) is 51.7 Å². The molecule has 1 saturated heterocycles. The zero-order chi connectivity index (χ0) is 11.2. The lowest BCUT2D eigenvalue weighted by Crippen LogP contribution is -2.51. The van der Waals surface area contributed by atoms with Gasteiger partial charge in [0.1, 0.15) is 12.1 Å². The molecule has 15 heavy (non-hydrogen) atoms. The maximum absolute atomic E-state index is 11.7. The molecule has 6 nitrogen and oxygen atoms in total. The van der Waals surface area contributed by atoms with Crippen molar-refractivity contribution >= 4 is 11.9 Å². The monoisotopic (exact) mass is 214 g/mol. The van der Waals surface area contributed by atoms with E-state index in [1.54, 1.807) is 0 Å². The van der Waals surface area contributed by atoms with Gasteiger partial charge < -0.3 is 20.8 Å². The first-order chi connectivity index (χ1) is 7.06. The molecule has 4 N–H and O–H groups in total. The maximum atomic E-state index is 11.7. The van der Waals surface area contributed by atoms with Gasteiger partial charge in [-0.1, -0.05) is 0 Å². The van der Waals surface area contributed by atoms with Gasteiger partial charge in [0.2, 0.25) is 5.91 Å². The fourth-order valence-electron chi connectivity index (χ4n) is 2.26. The molecule has 0 aromatic rings. The van der Waals surface area contributed by atoms with Gasteiger partial charge in [-0.15, -0.1) is 0 Å². The van der Waals surface area contributed by atoms with E-state index in [1.807, 2.05) is 0 Å². The Morgan fingerprint density at radius 3 is 2.67 bits per heavy atom. The van der Waals surface area contributed by atoms with Crippen LogP contribution in [0, 0.1) is 5.92 Å². The molecule has 84 valence electrons. The summed E-state index contributed by atoms with van der Waals surface area (Å²) in [7, 11) is 0. The van der Waals surface area contributed by atoms with Crippen LogP contribution in [0.4, 0.5) is 0 Å². The Kier molecular flexibility index (Phi) is 2.40. The van der Waals surface area contributed by atoms with Crippen molar-refractivity contribution < 1.29 is 19.8 Å². The molecule has 0 radical (unpaired) electrons. The molecule has 2 fully saturated rings. The minimum absolute atomic E-state index is 0.0381. The summed E-state index contributed by atoms with van der Waals surface area (Å²) in [5, 5.41) is 17.7. The van der Waals surface area contributed by atoms with Crippen LogP contribution >= 0.6 is 0 Å². The molecule has 0 bridgehead atoms. The Hall–Kier alpha value is -1.14. The van der Waals surface area contributed by atoms with E-state index in [-0.39, 0.29) is 6.04 Å². The van der Waals surface area contributed by atoms with E-state index in [0.29, 0.717) is 12.3 Å². The third-order valence-electron chi connectivity index (χ3n) is 3.16. The Balaban J connectivity index is 2.11. The molecule has 1 aliphatic heterocycles. The fourth-order valence-corrected chi connectivity index (χ4v) is 2.26. The summed E-state index contributed by atoms with van der Waals surface area (Å²) in [6.07, 6.45) is 1.39. The lowest BCUT2D eigenvalue weighted by atomic mass is 10.1. The lowest BCUT2D eigenvalue weighted by molar-refractivity contribution is -0.150. The number of hydrogen-bond donors (Lipinski definition) is 3.